The maximum atomic E-state index is 10.0. The molecule has 0 spiro atoms. The fourth-order valence-electron chi connectivity index (χ4n) is 2.25. The summed E-state index contributed by atoms with van der Waals surface area (Å²) in [7, 11) is 1.53. The van der Waals surface area contributed by atoms with Gasteiger partial charge in [-0.15, -0.1) is 0 Å². The normalized spacial score (nSPS) is 19.4. The highest BCUT2D eigenvalue weighted by Crippen LogP contribution is 2.33. The number of hydrogen-bond acceptors (Lipinski definition) is 4. The Morgan fingerprint density at radius 3 is 3.00 bits per heavy atom. The summed E-state index contributed by atoms with van der Waals surface area (Å²) in [4.78, 5) is 0. The van der Waals surface area contributed by atoms with E-state index in [9.17, 15) is 5.11 Å². The monoisotopic (exact) mass is 301 g/mol. The molecule has 1 aliphatic heterocycles. The molecule has 1 saturated heterocycles. The summed E-state index contributed by atoms with van der Waals surface area (Å²) < 4.78 is 5.10. The number of ether oxygens (including phenoxy) is 1. The van der Waals surface area contributed by atoms with Gasteiger partial charge in [-0.2, -0.15) is 11.8 Å². The van der Waals surface area contributed by atoms with Gasteiger partial charge in [-0.1, -0.05) is 18.0 Å². The fraction of sp³-hybridized carbons (Fsp3) is 0.571. The largest absolute Gasteiger partial charge is 0.504 e. The predicted octanol–water partition coefficient (Wildman–Crippen LogP) is 3.43. The first kappa shape index (κ1) is 14.8. The number of halogens is 1. The zero-order chi connectivity index (χ0) is 13.7. The molecule has 106 valence electrons. The van der Waals surface area contributed by atoms with Crippen molar-refractivity contribution < 1.29 is 9.84 Å². The molecule has 1 aromatic carbocycles. The third-order valence-corrected chi connectivity index (χ3v) is 4.92. The van der Waals surface area contributed by atoms with Gasteiger partial charge in [0.05, 0.1) is 7.11 Å². The molecule has 2 rings (SSSR count). The molecule has 0 radical (unpaired) electrons. The van der Waals surface area contributed by atoms with Crippen molar-refractivity contribution in [3.05, 3.63) is 22.7 Å². The first-order valence-electron chi connectivity index (χ1n) is 6.58. The average Bonchev–Trinajstić information content (AvgIpc) is 2.43. The van der Waals surface area contributed by atoms with Gasteiger partial charge in [-0.25, -0.2) is 0 Å². The zero-order valence-electron chi connectivity index (χ0n) is 11.1. The van der Waals surface area contributed by atoms with Crippen molar-refractivity contribution in [3.63, 3.8) is 0 Å². The first-order chi connectivity index (χ1) is 9.20. The van der Waals surface area contributed by atoms with Gasteiger partial charge in [0.1, 0.15) is 0 Å². The third-order valence-electron chi connectivity index (χ3n) is 3.30. The topological polar surface area (TPSA) is 41.5 Å². The van der Waals surface area contributed by atoms with Gasteiger partial charge in [0.2, 0.25) is 0 Å². The molecule has 5 heteroatoms. The summed E-state index contributed by atoms with van der Waals surface area (Å²) in [6.45, 7) is 1.58. The van der Waals surface area contributed by atoms with Crippen LogP contribution < -0.4 is 10.1 Å². The van der Waals surface area contributed by atoms with Crippen LogP contribution in [0.1, 0.15) is 24.8 Å². The maximum Gasteiger partial charge on any atom is 0.162 e. The van der Waals surface area contributed by atoms with E-state index in [4.69, 9.17) is 16.3 Å². The van der Waals surface area contributed by atoms with Crippen LogP contribution in [0.3, 0.4) is 0 Å². The molecule has 0 saturated carbocycles. The van der Waals surface area contributed by atoms with Crippen molar-refractivity contribution in [2.45, 2.75) is 31.1 Å². The zero-order valence-corrected chi connectivity index (χ0v) is 12.7. The number of aromatic hydroxyl groups is 1. The van der Waals surface area contributed by atoms with E-state index >= 15 is 0 Å². The van der Waals surface area contributed by atoms with Crippen molar-refractivity contribution in [1.29, 1.82) is 0 Å². The minimum absolute atomic E-state index is 0.177. The average molecular weight is 302 g/mol. The Kier molecular flexibility index (Phi) is 5.67. The standard InChI is InChI=1S/C14H20ClNO2S/c1-18-13-7-11(15)6-10(14(13)17)8-16-9-12-4-2-3-5-19-12/h6-7,12,16-17H,2-5,8-9H2,1H3. The summed E-state index contributed by atoms with van der Waals surface area (Å²) in [5.41, 5.74) is 0.783. The third kappa shape index (κ3) is 4.20. The van der Waals surface area contributed by atoms with Gasteiger partial charge in [0.15, 0.2) is 11.5 Å². The minimum Gasteiger partial charge on any atom is -0.504 e. The Hall–Kier alpha value is -0.580. The molecule has 19 heavy (non-hydrogen) atoms. The van der Waals surface area contributed by atoms with Crippen LogP contribution in [-0.4, -0.2) is 29.8 Å². The fourth-order valence-corrected chi connectivity index (χ4v) is 3.76. The summed E-state index contributed by atoms with van der Waals surface area (Å²) in [5, 5.41) is 14.7. The molecular formula is C14H20ClNO2S. The van der Waals surface area contributed by atoms with Crippen molar-refractivity contribution >= 4 is 23.4 Å². The number of phenolic OH excluding ortho intramolecular Hbond substituents is 1. The molecule has 1 atom stereocenters. The van der Waals surface area contributed by atoms with E-state index in [1.807, 2.05) is 11.8 Å². The second-order valence-corrected chi connectivity index (χ2v) is 6.58. The van der Waals surface area contributed by atoms with Crippen LogP contribution >= 0.6 is 23.4 Å². The lowest BCUT2D eigenvalue weighted by Crippen LogP contribution is -2.26. The van der Waals surface area contributed by atoms with Crippen molar-refractivity contribution in [2.24, 2.45) is 0 Å². The molecule has 0 amide bonds. The number of phenols is 1. The van der Waals surface area contributed by atoms with E-state index in [1.165, 1.54) is 32.1 Å². The molecule has 0 aromatic heterocycles. The Morgan fingerprint density at radius 1 is 1.47 bits per heavy atom. The van der Waals surface area contributed by atoms with Crippen LogP contribution in [-0.2, 0) is 6.54 Å². The predicted molar refractivity (Wildman–Crippen MR) is 81.5 cm³/mol. The molecule has 1 fully saturated rings. The maximum absolute atomic E-state index is 10.0. The second kappa shape index (κ2) is 7.27. The molecule has 3 nitrogen and oxygen atoms in total. The molecule has 0 aliphatic carbocycles. The van der Waals surface area contributed by atoms with Crippen molar-refractivity contribution in [1.82, 2.24) is 5.32 Å². The number of thioether (sulfide) groups is 1. The molecule has 1 heterocycles. The van der Waals surface area contributed by atoms with Crippen LogP contribution in [0.25, 0.3) is 0 Å². The van der Waals surface area contributed by atoms with Gasteiger partial charge in [-0.3, -0.25) is 0 Å². The summed E-state index contributed by atoms with van der Waals surface area (Å²) in [6, 6.07) is 3.40. The van der Waals surface area contributed by atoms with Gasteiger partial charge in [0, 0.05) is 35.0 Å². The lowest BCUT2D eigenvalue weighted by atomic mass is 10.1. The molecule has 0 bridgehead atoms. The van der Waals surface area contributed by atoms with Crippen molar-refractivity contribution in [2.75, 3.05) is 19.4 Å². The molecule has 1 unspecified atom stereocenters. The number of hydrogen-bond donors (Lipinski definition) is 2. The Morgan fingerprint density at radius 2 is 2.32 bits per heavy atom. The van der Waals surface area contributed by atoms with Crippen LogP contribution in [0.5, 0.6) is 11.5 Å². The highest BCUT2D eigenvalue weighted by molar-refractivity contribution is 7.99. The van der Waals surface area contributed by atoms with Gasteiger partial charge in [0.25, 0.3) is 0 Å². The Balaban J connectivity index is 1.89. The van der Waals surface area contributed by atoms with E-state index in [0.29, 0.717) is 22.6 Å². The quantitative estimate of drug-likeness (QED) is 0.874. The summed E-state index contributed by atoms with van der Waals surface area (Å²) >= 11 is 8.04. The number of nitrogens with one attached hydrogen (secondary N) is 1. The molecular weight excluding hydrogens is 282 g/mol. The Bertz CT molecular complexity index is 422. The van der Waals surface area contributed by atoms with E-state index in [1.54, 1.807) is 12.1 Å². The van der Waals surface area contributed by atoms with Crippen LogP contribution in [0.15, 0.2) is 12.1 Å². The van der Waals surface area contributed by atoms with Crippen LogP contribution in [0.4, 0.5) is 0 Å². The smallest absolute Gasteiger partial charge is 0.162 e. The van der Waals surface area contributed by atoms with E-state index in [0.717, 1.165) is 12.1 Å². The van der Waals surface area contributed by atoms with Gasteiger partial charge < -0.3 is 15.2 Å². The number of rotatable bonds is 5. The SMILES string of the molecule is COc1cc(Cl)cc(CNCC2CCCCS2)c1O. The second-order valence-electron chi connectivity index (χ2n) is 4.74. The lowest BCUT2D eigenvalue weighted by Gasteiger charge is -2.21. The first-order valence-corrected chi connectivity index (χ1v) is 8.01. The Labute approximate surface area is 123 Å². The van der Waals surface area contributed by atoms with E-state index in [-0.39, 0.29) is 5.75 Å². The number of methoxy groups -OCH3 is 1. The van der Waals surface area contributed by atoms with Gasteiger partial charge >= 0.3 is 0 Å². The van der Waals surface area contributed by atoms with E-state index in [2.05, 4.69) is 5.32 Å². The molecule has 1 aromatic rings. The molecule has 2 N–H and O–H groups in total. The van der Waals surface area contributed by atoms with Crippen molar-refractivity contribution in [3.8, 4) is 11.5 Å². The lowest BCUT2D eigenvalue weighted by molar-refractivity contribution is 0.369. The van der Waals surface area contributed by atoms with Crippen LogP contribution in [0, 0.1) is 0 Å². The highest BCUT2D eigenvalue weighted by Gasteiger charge is 2.14. The summed E-state index contributed by atoms with van der Waals surface area (Å²) in [5.74, 6) is 1.87. The minimum atomic E-state index is 0.177. The van der Waals surface area contributed by atoms with Crippen LogP contribution in [0.2, 0.25) is 5.02 Å². The molecule has 1 aliphatic rings. The highest BCUT2D eigenvalue weighted by atomic mass is 35.5. The van der Waals surface area contributed by atoms with E-state index < -0.39 is 0 Å². The summed E-state index contributed by atoms with van der Waals surface area (Å²) in [6.07, 6.45) is 3.95. The van der Waals surface area contributed by atoms with Gasteiger partial charge in [-0.05, 0) is 24.7 Å². The number of benzene rings is 1.